The average Bonchev–Trinajstić information content (AvgIpc) is 2.66. The van der Waals surface area contributed by atoms with E-state index < -0.39 is 0 Å². The van der Waals surface area contributed by atoms with Gasteiger partial charge in [-0.15, -0.1) is 0 Å². The van der Waals surface area contributed by atoms with E-state index in [4.69, 9.17) is 0 Å². The van der Waals surface area contributed by atoms with Gasteiger partial charge < -0.3 is 4.90 Å². The molecular weight excluding hydrogens is 196 g/mol. The minimum atomic E-state index is -0.117. The molecule has 1 aromatic rings. The monoisotopic (exact) mass is 210 g/mol. The Balaban J connectivity index is 1.94. The van der Waals surface area contributed by atoms with Crippen molar-refractivity contribution < 1.29 is 9.42 Å². The smallest absolute Gasteiger partial charge is 0.323 e. The lowest BCUT2D eigenvalue weighted by molar-refractivity contribution is 0.199. The van der Waals surface area contributed by atoms with Gasteiger partial charge in [0, 0.05) is 13.1 Å². The number of hydrogen-bond acceptors (Lipinski definition) is 4. The van der Waals surface area contributed by atoms with Crippen molar-refractivity contribution in [2.45, 2.75) is 26.2 Å². The van der Waals surface area contributed by atoms with Gasteiger partial charge in [-0.3, -0.25) is 5.32 Å². The van der Waals surface area contributed by atoms with Crippen LogP contribution in [0.3, 0.4) is 0 Å². The zero-order valence-electron chi connectivity index (χ0n) is 8.69. The average molecular weight is 210 g/mol. The van der Waals surface area contributed by atoms with E-state index in [1.165, 1.54) is 6.42 Å². The predicted octanol–water partition coefficient (Wildman–Crippen LogP) is 1.40. The predicted molar refractivity (Wildman–Crippen MR) is 53.5 cm³/mol. The van der Waals surface area contributed by atoms with E-state index in [2.05, 4.69) is 20.3 Å². The molecule has 6 heteroatoms. The zero-order valence-corrected chi connectivity index (χ0v) is 8.69. The number of aryl methyl sites for hydroxylation is 1. The highest BCUT2D eigenvalue weighted by atomic mass is 16.6. The number of carbonyl (C=O) groups excluding carboxylic acids is 1. The molecule has 82 valence electrons. The Morgan fingerprint density at radius 2 is 2.07 bits per heavy atom. The van der Waals surface area contributed by atoms with E-state index >= 15 is 0 Å². The summed E-state index contributed by atoms with van der Waals surface area (Å²) in [6.45, 7) is 3.37. The van der Waals surface area contributed by atoms with Crippen molar-refractivity contribution in [1.29, 1.82) is 0 Å². The number of anilines is 1. The number of piperidine rings is 1. The number of hydrogen-bond donors (Lipinski definition) is 1. The Kier molecular flexibility index (Phi) is 2.84. The lowest BCUT2D eigenvalue weighted by Gasteiger charge is -2.26. The fraction of sp³-hybridized carbons (Fsp3) is 0.667. The van der Waals surface area contributed by atoms with Gasteiger partial charge in [0.05, 0.1) is 0 Å². The third kappa shape index (κ3) is 2.26. The van der Waals surface area contributed by atoms with Crippen molar-refractivity contribution in [3.8, 4) is 0 Å². The van der Waals surface area contributed by atoms with Crippen molar-refractivity contribution in [2.75, 3.05) is 18.4 Å². The molecule has 1 aliphatic rings. The van der Waals surface area contributed by atoms with Crippen LogP contribution >= 0.6 is 0 Å². The maximum Gasteiger partial charge on any atom is 0.323 e. The first-order valence-electron chi connectivity index (χ1n) is 5.12. The number of rotatable bonds is 1. The molecule has 0 atom stereocenters. The number of likely N-dealkylation sites (tertiary alicyclic amines) is 1. The largest absolute Gasteiger partial charge is 0.324 e. The number of nitrogens with one attached hydrogen (secondary N) is 1. The second-order valence-corrected chi connectivity index (χ2v) is 3.68. The summed E-state index contributed by atoms with van der Waals surface area (Å²) in [6, 6.07) is -0.117. The molecule has 0 aliphatic carbocycles. The lowest BCUT2D eigenvalue weighted by Crippen LogP contribution is -2.38. The number of amides is 2. The van der Waals surface area contributed by atoms with Crippen molar-refractivity contribution in [1.82, 2.24) is 15.2 Å². The van der Waals surface area contributed by atoms with E-state index in [9.17, 15) is 4.79 Å². The number of urea groups is 1. The van der Waals surface area contributed by atoms with Gasteiger partial charge in [-0.05, 0) is 31.3 Å². The summed E-state index contributed by atoms with van der Waals surface area (Å²) in [6.07, 6.45) is 3.35. The van der Waals surface area contributed by atoms with Crippen LogP contribution in [0, 0.1) is 6.92 Å². The van der Waals surface area contributed by atoms with Gasteiger partial charge in [0.2, 0.25) is 5.82 Å². The van der Waals surface area contributed by atoms with E-state index in [0.717, 1.165) is 25.9 Å². The molecule has 0 spiro atoms. The molecule has 0 aromatic carbocycles. The fourth-order valence-corrected chi connectivity index (χ4v) is 1.62. The molecule has 0 saturated carbocycles. The van der Waals surface area contributed by atoms with Crippen LogP contribution in [0.15, 0.2) is 4.63 Å². The molecule has 6 nitrogen and oxygen atoms in total. The van der Waals surface area contributed by atoms with Gasteiger partial charge in [0.1, 0.15) is 5.69 Å². The van der Waals surface area contributed by atoms with E-state index in [1.54, 1.807) is 11.8 Å². The molecule has 1 aromatic heterocycles. The van der Waals surface area contributed by atoms with Crippen LogP contribution in [0.25, 0.3) is 0 Å². The van der Waals surface area contributed by atoms with Gasteiger partial charge in [0.15, 0.2) is 0 Å². The molecule has 15 heavy (non-hydrogen) atoms. The van der Waals surface area contributed by atoms with Gasteiger partial charge in [0.25, 0.3) is 0 Å². The summed E-state index contributed by atoms with van der Waals surface area (Å²) < 4.78 is 4.50. The van der Waals surface area contributed by atoms with Crippen LogP contribution in [0.4, 0.5) is 10.6 Å². The van der Waals surface area contributed by atoms with Crippen LogP contribution in [0.1, 0.15) is 25.0 Å². The highest BCUT2D eigenvalue weighted by Gasteiger charge is 2.18. The Morgan fingerprint density at radius 1 is 1.33 bits per heavy atom. The quantitative estimate of drug-likeness (QED) is 0.760. The van der Waals surface area contributed by atoms with Gasteiger partial charge in [-0.1, -0.05) is 5.16 Å². The van der Waals surface area contributed by atoms with E-state index in [-0.39, 0.29) is 6.03 Å². The van der Waals surface area contributed by atoms with Crippen LogP contribution in [0.2, 0.25) is 0 Å². The molecule has 1 aliphatic heterocycles. The Hall–Kier alpha value is -1.59. The molecule has 0 bridgehead atoms. The number of nitrogens with zero attached hydrogens (tertiary/aromatic N) is 3. The van der Waals surface area contributed by atoms with Gasteiger partial charge in [-0.25, -0.2) is 9.42 Å². The normalized spacial score (nSPS) is 16.5. The van der Waals surface area contributed by atoms with E-state index in [0.29, 0.717) is 11.5 Å². The first-order valence-corrected chi connectivity index (χ1v) is 5.12. The lowest BCUT2D eigenvalue weighted by atomic mass is 10.1. The highest BCUT2D eigenvalue weighted by molar-refractivity contribution is 5.88. The molecule has 1 N–H and O–H groups in total. The highest BCUT2D eigenvalue weighted by Crippen LogP contribution is 2.12. The van der Waals surface area contributed by atoms with Crippen molar-refractivity contribution in [3.05, 3.63) is 5.69 Å². The second kappa shape index (κ2) is 4.29. The summed E-state index contributed by atoms with van der Waals surface area (Å²) in [5.41, 5.74) is 0.598. The maximum absolute atomic E-state index is 11.7. The summed E-state index contributed by atoms with van der Waals surface area (Å²) in [7, 11) is 0. The molecule has 2 heterocycles. The summed E-state index contributed by atoms with van der Waals surface area (Å²) >= 11 is 0. The molecule has 1 saturated heterocycles. The Labute approximate surface area is 87.6 Å². The third-order valence-electron chi connectivity index (χ3n) is 2.52. The van der Waals surface area contributed by atoms with Crippen LogP contribution in [-0.2, 0) is 0 Å². The molecule has 0 unspecified atom stereocenters. The number of aromatic nitrogens is 2. The van der Waals surface area contributed by atoms with Crippen LogP contribution in [-0.4, -0.2) is 34.3 Å². The number of carbonyl (C=O) groups is 1. The molecule has 1 fully saturated rings. The second-order valence-electron chi connectivity index (χ2n) is 3.68. The maximum atomic E-state index is 11.7. The summed E-state index contributed by atoms with van der Waals surface area (Å²) in [5.74, 6) is 0.408. The fourth-order valence-electron chi connectivity index (χ4n) is 1.62. The summed E-state index contributed by atoms with van der Waals surface area (Å²) in [4.78, 5) is 13.5. The Morgan fingerprint density at radius 3 is 2.67 bits per heavy atom. The summed E-state index contributed by atoms with van der Waals surface area (Å²) in [5, 5.41) is 9.88. The SMILES string of the molecule is Cc1nonc1NC(=O)N1CCCCC1. The first-order chi connectivity index (χ1) is 7.27. The van der Waals surface area contributed by atoms with Crippen molar-refractivity contribution >= 4 is 11.8 Å². The van der Waals surface area contributed by atoms with E-state index in [1.807, 2.05) is 0 Å². The minimum Gasteiger partial charge on any atom is -0.324 e. The van der Waals surface area contributed by atoms with Crippen molar-refractivity contribution in [3.63, 3.8) is 0 Å². The van der Waals surface area contributed by atoms with Gasteiger partial charge >= 0.3 is 6.03 Å². The third-order valence-corrected chi connectivity index (χ3v) is 2.52. The standard InChI is InChI=1S/C9H14N4O2/c1-7-8(12-15-11-7)10-9(14)13-5-3-2-4-6-13/h2-6H2,1H3,(H,10,12,14). The molecule has 2 amide bonds. The minimum absolute atomic E-state index is 0.117. The first kappa shape index (κ1) is 9.95. The van der Waals surface area contributed by atoms with Crippen molar-refractivity contribution in [2.24, 2.45) is 0 Å². The molecule has 2 rings (SSSR count). The Bertz CT molecular complexity index is 344. The molecular formula is C9H14N4O2. The zero-order chi connectivity index (χ0) is 10.7. The topological polar surface area (TPSA) is 71.3 Å². The van der Waals surface area contributed by atoms with Crippen LogP contribution < -0.4 is 5.32 Å². The molecule has 0 radical (unpaired) electrons. The van der Waals surface area contributed by atoms with Crippen LogP contribution in [0.5, 0.6) is 0 Å². The van der Waals surface area contributed by atoms with Gasteiger partial charge in [-0.2, -0.15) is 0 Å².